The van der Waals surface area contributed by atoms with Crippen LogP contribution in [0.3, 0.4) is 0 Å². The minimum Gasteiger partial charge on any atom is -0.313 e. The fourth-order valence-corrected chi connectivity index (χ4v) is 3.52. The Bertz CT molecular complexity index is 1270. The summed E-state index contributed by atoms with van der Waals surface area (Å²) >= 11 is 0. The van der Waals surface area contributed by atoms with E-state index in [1.54, 1.807) is 53.1 Å². The molecule has 0 fully saturated rings. The molecule has 0 N–H and O–H groups in total. The van der Waals surface area contributed by atoms with E-state index >= 15 is 0 Å². The second-order valence-electron chi connectivity index (χ2n) is 7.09. The van der Waals surface area contributed by atoms with E-state index in [9.17, 15) is 19.7 Å². The van der Waals surface area contributed by atoms with Crippen molar-refractivity contribution in [1.29, 1.82) is 0 Å². The Labute approximate surface area is 172 Å². The second kappa shape index (κ2) is 7.75. The lowest BCUT2D eigenvalue weighted by Gasteiger charge is -2.06. The number of benzene rings is 2. The third-order valence-corrected chi connectivity index (χ3v) is 5.04. The van der Waals surface area contributed by atoms with E-state index in [1.807, 2.05) is 18.2 Å². The zero-order valence-electron chi connectivity index (χ0n) is 16.2. The fraction of sp³-hybridized carbons (Fsp3) is 0.0833. The fourth-order valence-electron chi connectivity index (χ4n) is 3.52. The van der Waals surface area contributed by atoms with Crippen LogP contribution in [0.1, 0.15) is 44.5 Å². The van der Waals surface area contributed by atoms with E-state index in [0.717, 1.165) is 11.1 Å². The van der Waals surface area contributed by atoms with Crippen LogP contribution in [0.15, 0.2) is 79.0 Å². The number of rotatable bonds is 6. The molecule has 0 radical (unpaired) electrons. The van der Waals surface area contributed by atoms with E-state index in [-0.39, 0.29) is 17.3 Å². The van der Waals surface area contributed by atoms with E-state index in [1.165, 1.54) is 19.1 Å². The highest BCUT2D eigenvalue weighted by Gasteiger charge is 2.19. The number of fused-ring (bicyclic) bond motifs is 1. The van der Waals surface area contributed by atoms with Crippen LogP contribution in [0.5, 0.6) is 0 Å². The number of Topliss-reactive ketones (excluding diaryl/α,β-unsaturated/α-hetero) is 1. The summed E-state index contributed by atoms with van der Waals surface area (Å²) in [6, 6.07) is 20.8. The smallest absolute Gasteiger partial charge is 0.269 e. The predicted molar refractivity (Wildman–Crippen MR) is 113 cm³/mol. The number of nitrogens with zero attached hydrogens (tertiary/aromatic N) is 2. The molecule has 0 aliphatic rings. The maximum atomic E-state index is 13.0. The summed E-state index contributed by atoms with van der Waals surface area (Å²) in [7, 11) is 0. The minimum atomic E-state index is -0.430. The zero-order chi connectivity index (χ0) is 21.3. The summed E-state index contributed by atoms with van der Waals surface area (Å²) in [5.74, 6) is -0.270. The normalized spacial score (nSPS) is 10.8. The maximum Gasteiger partial charge on any atom is 0.269 e. The number of pyridine rings is 1. The topological polar surface area (TPSA) is 81.7 Å². The molecule has 148 valence electrons. The first-order chi connectivity index (χ1) is 14.4. The molecule has 6 nitrogen and oxygen atoms in total. The van der Waals surface area contributed by atoms with Crippen molar-refractivity contribution < 1.29 is 14.5 Å². The number of carbonyl (C=O) groups excluding carboxylic acids is 2. The molecule has 0 unspecified atom stereocenters. The Morgan fingerprint density at radius 2 is 1.63 bits per heavy atom. The lowest BCUT2D eigenvalue weighted by molar-refractivity contribution is -0.384. The first kappa shape index (κ1) is 19.3. The molecule has 0 aliphatic carbocycles. The van der Waals surface area contributed by atoms with Gasteiger partial charge < -0.3 is 4.40 Å². The van der Waals surface area contributed by atoms with E-state index in [2.05, 4.69) is 0 Å². The molecule has 0 spiro atoms. The van der Waals surface area contributed by atoms with Gasteiger partial charge in [-0.15, -0.1) is 0 Å². The predicted octanol–water partition coefficient (Wildman–Crippen LogP) is 4.87. The number of nitro benzene ring substituents is 1. The van der Waals surface area contributed by atoms with Gasteiger partial charge in [-0.25, -0.2) is 0 Å². The van der Waals surface area contributed by atoms with Gasteiger partial charge in [0.25, 0.3) is 5.69 Å². The molecule has 2 aromatic carbocycles. The minimum absolute atomic E-state index is 0.0451. The van der Waals surface area contributed by atoms with Crippen molar-refractivity contribution in [2.24, 2.45) is 0 Å². The number of nitro groups is 1. The van der Waals surface area contributed by atoms with Gasteiger partial charge in [0.2, 0.25) is 5.78 Å². The standard InChI is InChI=1S/C24H18N2O4/c1-16(27)21-15-23(24(28)19-5-3-2-4-6-19)25-12-11-18(14-22(21)25)13-17-7-9-20(10-8-17)26(29)30/h2-12,14-15H,13H2,1H3. The third kappa shape index (κ3) is 3.63. The Hall–Kier alpha value is -4.06. The van der Waals surface area contributed by atoms with E-state index in [0.29, 0.717) is 28.8 Å². The Morgan fingerprint density at radius 1 is 0.933 bits per heavy atom. The van der Waals surface area contributed by atoms with Crippen molar-refractivity contribution in [3.05, 3.63) is 117 Å². The maximum absolute atomic E-state index is 13.0. The molecule has 4 rings (SSSR count). The van der Waals surface area contributed by atoms with Crippen molar-refractivity contribution in [2.45, 2.75) is 13.3 Å². The van der Waals surface area contributed by atoms with Crippen molar-refractivity contribution in [1.82, 2.24) is 4.40 Å². The van der Waals surface area contributed by atoms with Gasteiger partial charge in [-0.3, -0.25) is 19.7 Å². The lowest BCUT2D eigenvalue weighted by Crippen LogP contribution is -2.05. The molecule has 0 bridgehead atoms. The number of hydrogen-bond acceptors (Lipinski definition) is 4. The number of hydrogen-bond donors (Lipinski definition) is 0. The summed E-state index contributed by atoms with van der Waals surface area (Å²) in [6.45, 7) is 1.48. The highest BCUT2D eigenvalue weighted by molar-refractivity contribution is 6.12. The van der Waals surface area contributed by atoms with Crippen molar-refractivity contribution in [3.8, 4) is 0 Å². The van der Waals surface area contributed by atoms with Crippen LogP contribution in [0.4, 0.5) is 5.69 Å². The van der Waals surface area contributed by atoms with E-state index < -0.39 is 4.92 Å². The number of aromatic nitrogens is 1. The molecule has 0 saturated carbocycles. The van der Waals surface area contributed by atoms with Gasteiger partial charge in [0.1, 0.15) is 0 Å². The zero-order valence-corrected chi connectivity index (χ0v) is 16.2. The van der Waals surface area contributed by atoms with Gasteiger partial charge in [-0.2, -0.15) is 0 Å². The summed E-state index contributed by atoms with van der Waals surface area (Å²) in [5, 5.41) is 10.8. The Balaban J connectivity index is 1.73. The van der Waals surface area contributed by atoms with Crippen LogP contribution in [0, 0.1) is 10.1 Å². The van der Waals surface area contributed by atoms with Crippen LogP contribution >= 0.6 is 0 Å². The van der Waals surface area contributed by atoms with Gasteiger partial charge in [-0.1, -0.05) is 42.5 Å². The molecule has 0 aliphatic heterocycles. The number of carbonyl (C=O) groups is 2. The summed E-state index contributed by atoms with van der Waals surface area (Å²) in [5.41, 5.74) is 4.05. The van der Waals surface area contributed by atoms with Crippen LogP contribution in [0.2, 0.25) is 0 Å². The van der Waals surface area contributed by atoms with Gasteiger partial charge in [-0.05, 0) is 42.7 Å². The average molecular weight is 398 g/mol. The molecular weight excluding hydrogens is 380 g/mol. The van der Waals surface area contributed by atoms with Gasteiger partial charge >= 0.3 is 0 Å². The molecule has 30 heavy (non-hydrogen) atoms. The molecule has 4 aromatic rings. The van der Waals surface area contributed by atoms with Gasteiger partial charge in [0.15, 0.2) is 5.78 Å². The molecule has 2 aromatic heterocycles. The molecule has 0 atom stereocenters. The third-order valence-electron chi connectivity index (χ3n) is 5.04. The lowest BCUT2D eigenvalue weighted by atomic mass is 10.0. The summed E-state index contributed by atoms with van der Waals surface area (Å²) < 4.78 is 1.74. The SMILES string of the molecule is CC(=O)c1cc(C(=O)c2ccccc2)n2ccc(Cc3ccc([N+](=O)[O-])cc3)cc12. The van der Waals surface area contributed by atoms with Crippen molar-refractivity contribution in [2.75, 3.05) is 0 Å². The highest BCUT2D eigenvalue weighted by Crippen LogP contribution is 2.23. The average Bonchev–Trinajstić information content (AvgIpc) is 3.13. The highest BCUT2D eigenvalue weighted by atomic mass is 16.6. The first-order valence-corrected chi connectivity index (χ1v) is 9.42. The van der Waals surface area contributed by atoms with Gasteiger partial charge in [0.05, 0.1) is 16.1 Å². The summed E-state index contributed by atoms with van der Waals surface area (Å²) in [4.78, 5) is 35.6. The molecule has 0 amide bonds. The largest absolute Gasteiger partial charge is 0.313 e. The monoisotopic (exact) mass is 398 g/mol. The van der Waals surface area contributed by atoms with Crippen LogP contribution in [0.25, 0.3) is 5.52 Å². The van der Waals surface area contributed by atoms with E-state index in [4.69, 9.17) is 0 Å². The summed E-state index contributed by atoms with van der Waals surface area (Å²) in [6.07, 6.45) is 2.34. The van der Waals surface area contributed by atoms with Crippen LogP contribution < -0.4 is 0 Å². The molecular formula is C24H18N2O4. The number of ketones is 2. The Morgan fingerprint density at radius 3 is 2.27 bits per heavy atom. The van der Waals surface area contributed by atoms with Crippen molar-refractivity contribution >= 4 is 22.8 Å². The quantitative estimate of drug-likeness (QED) is 0.264. The molecule has 2 heterocycles. The first-order valence-electron chi connectivity index (χ1n) is 9.42. The number of non-ortho nitro benzene ring substituents is 1. The Kier molecular flexibility index (Phi) is 4.98. The van der Waals surface area contributed by atoms with Crippen LogP contribution in [-0.4, -0.2) is 20.9 Å². The second-order valence-corrected chi connectivity index (χ2v) is 7.09. The van der Waals surface area contributed by atoms with Crippen LogP contribution in [-0.2, 0) is 6.42 Å². The van der Waals surface area contributed by atoms with Gasteiger partial charge in [0, 0.05) is 29.5 Å². The van der Waals surface area contributed by atoms with Crippen molar-refractivity contribution in [3.63, 3.8) is 0 Å². The molecule has 6 heteroatoms. The molecule has 0 saturated heterocycles.